The smallest absolute Gasteiger partial charge is 0.323 e. The molecule has 0 amide bonds. The van der Waals surface area contributed by atoms with Crippen molar-refractivity contribution in [2.24, 2.45) is 0 Å². The first-order valence-electron chi connectivity index (χ1n) is 5.29. The highest BCUT2D eigenvalue weighted by molar-refractivity contribution is 5.84. The van der Waals surface area contributed by atoms with Crippen LogP contribution in [0.3, 0.4) is 0 Å². The van der Waals surface area contributed by atoms with E-state index in [9.17, 15) is 10.0 Å². The van der Waals surface area contributed by atoms with E-state index in [4.69, 9.17) is 5.11 Å². The molecule has 0 radical (unpaired) electrons. The van der Waals surface area contributed by atoms with E-state index in [0.717, 1.165) is 21.5 Å². The molecule has 90 valence electrons. The van der Waals surface area contributed by atoms with Crippen molar-refractivity contribution in [2.45, 2.75) is 12.5 Å². The highest BCUT2D eigenvalue weighted by atomic mass is 16.5. The molecular weight excluding hydrogens is 220 g/mol. The molecule has 0 aliphatic heterocycles. The topological polar surface area (TPSA) is 76.6 Å². The van der Waals surface area contributed by atoms with Gasteiger partial charge in [0, 0.05) is 30.6 Å². The first kappa shape index (κ1) is 11.6. The second kappa shape index (κ2) is 4.57. The normalized spacial score (nSPS) is 13.1. The van der Waals surface area contributed by atoms with Crippen molar-refractivity contribution in [1.82, 2.24) is 10.0 Å². The molecule has 0 saturated carbocycles. The maximum atomic E-state index is 11.0. The predicted octanol–water partition coefficient (Wildman–Crippen LogP) is 1.48. The van der Waals surface area contributed by atoms with E-state index < -0.39 is 12.0 Å². The van der Waals surface area contributed by atoms with Crippen LogP contribution in [0.2, 0.25) is 0 Å². The summed E-state index contributed by atoms with van der Waals surface area (Å²) >= 11 is 0. The molecule has 0 saturated heterocycles. The van der Waals surface area contributed by atoms with Crippen LogP contribution >= 0.6 is 0 Å². The van der Waals surface area contributed by atoms with E-state index in [0.29, 0.717) is 0 Å². The highest BCUT2D eigenvalue weighted by Crippen LogP contribution is 2.19. The third-order valence-electron chi connectivity index (χ3n) is 2.82. The van der Waals surface area contributed by atoms with Crippen LogP contribution in [0, 0.1) is 0 Å². The molecule has 1 atom stereocenters. The second-order valence-electron chi connectivity index (χ2n) is 3.99. The average molecular weight is 234 g/mol. The number of hydroxylamine groups is 2. The molecule has 5 nitrogen and oxygen atoms in total. The number of carboxylic acids is 1. The third kappa shape index (κ3) is 2.30. The Morgan fingerprint density at radius 1 is 1.47 bits per heavy atom. The molecule has 2 rings (SSSR count). The number of carboxylic acid groups (broad SMARTS) is 1. The van der Waals surface area contributed by atoms with E-state index in [2.05, 4.69) is 4.98 Å². The van der Waals surface area contributed by atoms with Crippen LogP contribution in [0.4, 0.5) is 0 Å². The number of aliphatic carboxylic acids is 1. The number of fused-ring (bicyclic) bond motifs is 1. The Labute approximate surface area is 98.2 Å². The lowest BCUT2D eigenvalue weighted by Gasteiger charge is -2.17. The molecule has 1 aromatic heterocycles. The molecule has 1 unspecified atom stereocenters. The van der Waals surface area contributed by atoms with Crippen molar-refractivity contribution in [3.05, 3.63) is 36.0 Å². The number of aromatic amines is 1. The number of nitrogens with one attached hydrogen (secondary N) is 1. The van der Waals surface area contributed by atoms with Gasteiger partial charge in [0.2, 0.25) is 0 Å². The lowest BCUT2D eigenvalue weighted by Crippen LogP contribution is -2.37. The summed E-state index contributed by atoms with van der Waals surface area (Å²) < 4.78 is 0. The molecule has 0 spiro atoms. The fourth-order valence-corrected chi connectivity index (χ4v) is 1.89. The summed E-state index contributed by atoms with van der Waals surface area (Å²) in [5.41, 5.74) is 1.85. The Kier molecular flexibility index (Phi) is 3.12. The van der Waals surface area contributed by atoms with Gasteiger partial charge in [-0.1, -0.05) is 18.2 Å². The average Bonchev–Trinajstić information content (AvgIpc) is 2.68. The van der Waals surface area contributed by atoms with Gasteiger partial charge in [-0.05, 0) is 11.6 Å². The van der Waals surface area contributed by atoms with Gasteiger partial charge in [0.1, 0.15) is 6.04 Å². The third-order valence-corrected chi connectivity index (χ3v) is 2.82. The number of hydrogen-bond donors (Lipinski definition) is 3. The Bertz CT molecular complexity index is 533. The van der Waals surface area contributed by atoms with Crippen LogP contribution in [0.25, 0.3) is 10.9 Å². The Balaban J connectivity index is 2.31. The number of para-hydroxylation sites is 1. The van der Waals surface area contributed by atoms with E-state index in [1.807, 2.05) is 24.3 Å². The largest absolute Gasteiger partial charge is 0.480 e. The number of aromatic nitrogens is 1. The number of benzene rings is 1. The van der Waals surface area contributed by atoms with Gasteiger partial charge in [-0.2, -0.15) is 5.06 Å². The summed E-state index contributed by atoms with van der Waals surface area (Å²) in [6.07, 6.45) is 2.04. The molecule has 17 heavy (non-hydrogen) atoms. The number of hydrogen-bond acceptors (Lipinski definition) is 3. The minimum atomic E-state index is -1.04. The standard InChI is InChI=1S/C12H14N2O3/c1-14(17)11(12(15)16)6-8-7-13-10-5-3-2-4-9(8)10/h2-5,7,11,13,17H,6H2,1H3,(H,15,16). The molecule has 3 N–H and O–H groups in total. The number of likely N-dealkylation sites (N-methyl/N-ethyl adjacent to an activating group) is 1. The quantitative estimate of drug-likeness (QED) is 0.700. The molecule has 0 aliphatic carbocycles. The Hall–Kier alpha value is -1.85. The fraction of sp³-hybridized carbons (Fsp3) is 0.250. The van der Waals surface area contributed by atoms with Gasteiger partial charge in [0.15, 0.2) is 0 Å². The Morgan fingerprint density at radius 3 is 2.82 bits per heavy atom. The maximum Gasteiger partial charge on any atom is 0.323 e. The summed E-state index contributed by atoms with van der Waals surface area (Å²) in [6.45, 7) is 0. The number of H-pyrrole nitrogens is 1. The van der Waals surface area contributed by atoms with E-state index in [1.54, 1.807) is 6.20 Å². The van der Waals surface area contributed by atoms with Crippen LogP contribution in [-0.4, -0.2) is 39.4 Å². The molecule has 1 heterocycles. The van der Waals surface area contributed by atoms with Gasteiger partial charge < -0.3 is 15.3 Å². The van der Waals surface area contributed by atoms with Gasteiger partial charge in [-0.15, -0.1) is 0 Å². The zero-order valence-corrected chi connectivity index (χ0v) is 9.42. The zero-order valence-electron chi connectivity index (χ0n) is 9.42. The SMILES string of the molecule is CN(O)C(Cc1c[nH]c2ccccc12)C(=O)O. The summed E-state index contributed by atoms with van der Waals surface area (Å²) in [5.74, 6) is -1.04. The highest BCUT2D eigenvalue weighted by Gasteiger charge is 2.23. The fourth-order valence-electron chi connectivity index (χ4n) is 1.89. The molecule has 0 aliphatic rings. The van der Waals surface area contributed by atoms with Gasteiger partial charge in [-0.3, -0.25) is 4.79 Å². The van der Waals surface area contributed by atoms with E-state index in [1.165, 1.54) is 7.05 Å². The minimum absolute atomic E-state index is 0.256. The summed E-state index contributed by atoms with van der Waals surface area (Å²) in [6, 6.07) is 6.73. The predicted molar refractivity (Wildman–Crippen MR) is 63.0 cm³/mol. The van der Waals surface area contributed by atoms with Gasteiger partial charge in [-0.25, -0.2) is 0 Å². The first-order chi connectivity index (χ1) is 8.09. The van der Waals surface area contributed by atoms with Crippen LogP contribution in [0.5, 0.6) is 0 Å². The van der Waals surface area contributed by atoms with Gasteiger partial charge >= 0.3 is 5.97 Å². The molecular formula is C12H14N2O3. The molecule has 0 fully saturated rings. The van der Waals surface area contributed by atoms with E-state index >= 15 is 0 Å². The van der Waals surface area contributed by atoms with Crippen LogP contribution in [0.15, 0.2) is 30.5 Å². The summed E-state index contributed by atoms with van der Waals surface area (Å²) in [5, 5.41) is 20.0. The Morgan fingerprint density at radius 2 is 2.18 bits per heavy atom. The molecule has 5 heteroatoms. The zero-order chi connectivity index (χ0) is 12.4. The maximum absolute atomic E-state index is 11.0. The van der Waals surface area contributed by atoms with Gasteiger partial charge in [0.25, 0.3) is 0 Å². The first-order valence-corrected chi connectivity index (χ1v) is 5.29. The second-order valence-corrected chi connectivity index (χ2v) is 3.99. The lowest BCUT2D eigenvalue weighted by atomic mass is 10.1. The number of rotatable bonds is 4. The van der Waals surface area contributed by atoms with Gasteiger partial charge in [0.05, 0.1) is 0 Å². The van der Waals surface area contributed by atoms with Crippen LogP contribution in [0.1, 0.15) is 5.56 Å². The van der Waals surface area contributed by atoms with Crippen molar-refractivity contribution in [3.63, 3.8) is 0 Å². The van der Waals surface area contributed by atoms with Crippen molar-refractivity contribution < 1.29 is 15.1 Å². The number of nitrogens with zero attached hydrogens (tertiary/aromatic N) is 1. The monoisotopic (exact) mass is 234 g/mol. The van der Waals surface area contributed by atoms with Crippen LogP contribution < -0.4 is 0 Å². The number of carbonyl (C=O) groups is 1. The van der Waals surface area contributed by atoms with E-state index in [-0.39, 0.29) is 6.42 Å². The van der Waals surface area contributed by atoms with Crippen molar-refractivity contribution >= 4 is 16.9 Å². The molecule has 0 bridgehead atoms. The lowest BCUT2D eigenvalue weighted by molar-refractivity contribution is -0.162. The van der Waals surface area contributed by atoms with Crippen molar-refractivity contribution in [3.8, 4) is 0 Å². The summed E-state index contributed by atoms with van der Waals surface area (Å²) in [7, 11) is 1.34. The molecule has 1 aromatic carbocycles. The minimum Gasteiger partial charge on any atom is -0.480 e. The van der Waals surface area contributed by atoms with Crippen LogP contribution in [-0.2, 0) is 11.2 Å². The molecule has 2 aromatic rings. The van der Waals surface area contributed by atoms with Crippen molar-refractivity contribution in [2.75, 3.05) is 7.05 Å². The summed E-state index contributed by atoms with van der Waals surface area (Å²) in [4.78, 5) is 14.1. The van der Waals surface area contributed by atoms with Crippen molar-refractivity contribution in [1.29, 1.82) is 0 Å².